The van der Waals surface area contributed by atoms with Gasteiger partial charge in [0.25, 0.3) is 0 Å². The summed E-state index contributed by atoms with van der Waals surface area (Å²) in [7, 11) is -1.82. The molecule has 3 rings (SSSR count). The third-order valence-corrected chi connectivity index (χ3v) is 4.83. The summed E-state index contributed by atoms with van der Waals surface area (Å²) in [4.78, 5) is 21.8. The van der Waals surface area contributed by atoms with E-state index >= 15 is 0 Å². The molecule has 0 spiro atoms. The molecule has 1 fully saturated rings. The second-order valence-corrected chi connectivity index (χ2v) is 7.82. The maximum absolute atomic E-state index is 10.4. The Morgan fingerprint density at radius 2 is 2.04 bits per heavy atom. The van der Waals surface area contributed by atoms with E-state index in [9.17, 15) is 15.1 Å². The summed E-state index contributed by atoms with van der Waals surface area (Å²) in [6.07, 6.45) is 0.221. The summed E-state index contributed by atoms with van der Waals surface area (Å²) in [5.41, 5.74) is 0.521. The molecular formula is C11H18BN4O6P. The van der Waals surface area contributed by atoms with Gasteiger partial charge in [0.05, 0.1) is 0 Å². The topological polar surface area (TPSA) is 132 Å². The Morgan fingerprint density at radius 1 is 1.30 bits per heavy atom. The Morgan fingerprint density at radius 3 is 2.83 bits per heavy atom. The van der Waals surface area contributed by atoms with Crippen molar-refractivity contribution >= 4 is 26.6 Å². The predicted molar refractivity (Wildman–Crippen MR) is 83.6 cm³/mol. The summed E-state index contributed by atoms with van der Waals surface area (Å²) in [6.45, 7) is 1.70. The second-order valence-electron chi connectivity index (χ2n) is 5.45. The van der Waals surface area contributed by atoms with Crippen molar-refractivity contribution in [3.05, 3.63) is 12.7 Å². The molecule has 0 aliphatic carbocycles. The summed E-state index contributed by atoms with van der Waals surface area (Å²) >= 11 is 0. The van der Waals surface area contributed by atoms with Crippen LogP contribution in [0.15, 0.2) is 12.7 Å². The van der Waals surface area contributed by atoms with E-state index in [1.54, 1.807) is 6.92 Å². The van der Waals surface area contributed by atoms with Crippen molar-refractivity contribution in [1.82, 2.24) is 19.5 Å². The van der Waals surface area contributed by atoms with E-state index in [2.05, 4.69) is 15.0 Å². The van der Waals surface area contributed by atoms with Crippen molar-refractivity contribution in [2.45, 2.75) is 25.4 Å². The Hall–Kier alpha value is -1.36. The fourth-order valence-electron chi connectivity index (χ4n) is 2.28. The number of aliphatic hydroxyl groups is 1. The van der Waals surface area contributed by atoms with Gasteiger partial charge in [-0.05, 0) is 0 Å². The minimum absolute atomic E-state index is 0.120. The molecule has 1 saturated heterocycles. The average molecular weight is 344 g/mol. The van der Waals surface area contributed by atoms with Gasteiger partial charge in [0.1, 0.15) is 0 Å². The van der Waals surface area contributed by atoms with Crippen LogP contribution in [0.25, 0.3) is 11.2 Å². The molecule has 1 aliphatic rings. The van der Waals surface area contributed by atoms with Crippen molar-refractivity contribution in [2.75, 3.05) is 13.2 Å². The number of hydrogen-bond acceptors (Lipinski definition) is 9. The van der Waals surface area contributed by atoms with Crippen molar-refractivity contribution in [1.29, 1.82) is 0 Å². The van der Waals surface area contributed by atoms with E-state index in [1.165, 1.54) is 24.8 Å². The van der Waals surface area contributed by atoms with Crippen molar-refractivity contribution in [3.63, 3.8) is 0 Å². The fraction of sp³-hybridized carbons (Fsp3) is 0.545. The van der Waals surface area contributed by atoms with E-state index in [-0.39, 0.29) is 24.6 Å². The molecule has 12 heteroatoms. The Bertz CT molecular complexity index is 700. The molecule has 3 N–H and O–H groups in total. The van der Waals surface area contributed by atoms with Gasteiger partial charge in [0, 0.05) is 0 Å². The van der Waals surface area contributed by atoms with Crippen molar-refractivity contribution in [3.8, 4) is 5.88 Å². The van der Waals surface area contributed by atoms with Gasteiger partial charge < -0.3 is 0 Å². The van der Waals surface area contributed by atoms with Gasteiger partial charge in [-0.1, -0.05) is 0 Å². The van der Waals surface area contributed by atoms with Gasteiger partial charge >= 0.3 is 132 Å². The number of aromatic hydroxyl groups is 1. The van der Waals surface area contributed by atoms with Gasteiger partial charge in [0.2, 0.25) is 0 Å². The number of rotatable bonds is 1. The van der Waals surface area contributed by atoms with E-state index < -0.39 is 26.3 Å². The fourth-order valence-corrected chi connectivity index (χ4v) is 3.39. The Labute approximate surface area is 133 Å². The number of ether oxygens (including phenoxy) is 1. The van der Waals surface area contributed by atoms with Crippen LogP contribution in [0.5, 0.6) is 5.88 Å². The zero-order chi connectivity index (χ0) is 16.6. The van der Waals surface area contributed by atoms with Crippen LogP contribution in [0.2, 0.25) is 0 Å². The van der Waals surface area contributed by atoms with Crippen LogP contribution in [-0.2, 0) is 13.8 Å². The van der Waals surface area contributed by atoms with Gasteiger partial charge in [-0.3, -0.25) is 0 Å². The Balaban J connectivity index is 1.96. The van der Waals surface area contributed by atoms with E-state index in [4.69, 9.17) is 13.8 Å². The zero-order valence-corrected chi connectivity index (χ0v) is 13.7. The van der Waals surface area contributed by atoms with Crippen LogP contribution in [0.4, 0.5) is 0 Å². The first kappa shape index (κ1) is 16.5. The van der Waals surface area contributed by atoms with E-state index in [1.807, 2.05) is 0 Å². The van der Waals surface area contributed by atoms with Crippen molar-refractivity contribution in [2.24, 2.45) is 0 Å². The third kappa shape index (κ3) is 3.44. The van der Waals surface area contributed by atoms with Gasteiger partial charge in [-0.2, -0.15) is 0 Å². The molecule has 3 heterocycles. The number of fused-ring (bicyclic) bond motifs is 1. The molecule has 2 aromatic heterocycles. The summed E-state index contributed by atoms with van der Waals surface area (Å²) in [5.74, 6) is -0.255. The average Bonchev–Trinajstić information content (AvgIpc) is 2.94. The summed E-state index contributed by atoms with van der Waals surface area (Å²) in [6, 6.07) is 0. The van der Waals surface area contributed by atoms with Crippen LogP contribution < -0.4 is 0 Å². The molecule has 126 valence electrons. The van der Waals surface area contributed by atoms with E-state index in [0.29, 0.717) is 5.65 Å². The quantitative estimate of drug-likeness (QED) is 0.435. The monoisotopic (exact) mass is 344 g/mol. The number of hydrogen-bond donors (Lipinski definition) is 3. The standard InChI is InChI=1S/C11H18BN4O6P/c1-6-2-20-23(12,19)21-3-7(17)11(22-6)16-5-15-8-9(16)13-4-14-10(8)18/h4-7,11,17,19,23H,2-3,12H2,1H3,(H,13,14,18)/t6-,7-,11+/m0/s1. The minimum atomic E-state index is -3.30. The van der Waals surface area contributed by atoms with Crippen molar-refractivity contribution < 1.29 is 28.9 Å². The summed E-state index contributed by atoms with van der Waals surface area (Å²) in [5, 5.41) is 20.1. The van der Waals surface area contributed by atoms with Crippen LogP contribution >= 0.6 is 7.82 Å². The van der Waals surface area contributed by atoms with E-state index in [0.717, 1.165) is 0 Å². The first-order valence-electron chi connectivity index (χ1n) is 7.08. The number of nitrogens with zero attached hydrogens (tertiary/aromatic N) is 4. The Kier molecular flexibility index (Phi) is 4.50. The molecule has 2 aromatic rings. The van der Waals surface area contributed by atoms with Gasteiger partial charge in [0.15, 0.2) is 0 Å². The first-order valence-corrected chi connectivity index (χ1v) is 9.34. The zero-order valence-electron chi connectivity index (χ0n) is 12.7. The molecule has 0 bridgehead atoms. The molecule has 3 atom stereocenters. The molecule has 1 aliphatic heterocycles. The van der Waals surface area contributed by atoms with Crippen LogP contribution in [0.3, 0.4) is 0 Å². The molecule has 0 saturated carbocycles. The molecular weight excluding hydrogens is 326 g/mol. The maximum atomic E-state index is 10.4. The third-order valence-electron chi connectivity index (χ3n) is 3.42. The molecule has 0 unspecified atom stereocenters. The van der Waals surface area contributed by atoms with Gasteiger partial charge in [-0.25, -0.2) is 0 Å². The van der Waals surface area contributed by atoms with Crippen LogP contribution in [0, 0.1) is 0 Å². The molecule has 23 heavy (non-hydrogen) atoms. The summed E-state index contributed by atoms with van der Waals surface area (Å²) < 4.78 is 17.9. The number of aromatic nitrogens is 4. The second kappa shape index (κ2) is 6.27. The molecule has 10 nitrogen and oxygen atoms in total. The molecule has 0 amide bonds. The molecule has 0 radical (unpaired) electrons. The number of aliphatic hydroxyl groups excluding tert-OH is 1. The normalized spacial score (nSPS) is 30.3. The SMILES string of the molecule is B[PH]1(O)OC[C@H](C)O[C@@H](n2cnc3c(O)ncnc32)[C@@H](O)CO1. The molecule has 0 aromatic carbocycles. The first-order chi connectivity index (χ1) is 10.9. The van der Waals surface area contributed by atoms with Crippen LogP contribution in [0.1, 0.15) is 13.2 Å². The van der Waals surface area contributed by atoms with Gasteiger partial charge in [-0.15, -0.1) is 0 Å². The predicted octanol–water partition coefficient (Wildman–Crippen LogP) is -1.12. The van der Waals surface area contributed by atoms with Crippen LogP contribution in [-0.4, -0.2) is 67.6 Å². The number of imidazole rings is 1.